The summed E-state index contributed by atoms with van der Waals surface area (Å²) in [5.74, 6) is 1.60. The Morgan fingerprint density at radius 1 is 1.12 bits per heavy atom. The zero-order valence-corrected chi connectivity index (χ0v) is 16.1. The summed E-state index contributed by atoms with van der Waals surface area (Å²) in [7, 11) is 0. The van der Waals surface area contributed by atoms with Gasteiger partial charge in [-0.1, -0.05) is 24.9 Å². The maximum Gasteiger partial charge on any atom is 0.274 e. The molecule has 1 amide bonds. The highest BCUT2D eigenvalue weighted by atomic mass is 35.5. The lowest BCUT2D eigenvalue weighted by molar-refractivity contribution is 0.0676. The van der Waals surface area contributed by atoms with Gasteiger partial charge in [0, 0.05) is 30.2 Å². The van der Waals surface area contributed by atoms with Gasteiger partial charge in [-0.15, -0.1) is 0 Å². The first kappa shape index (κ1) is 17.6. The Morgan fingerprint density at radius 2 is 1.92 bits per heavy atom. The number of nitrogens with zero attached hydrogens (tertiary/aromatic N) is 3. The third-order valence-electron chi connectivity index (χ3n) is 5.62. The van der Waals surface area contributed by atoms with Crippen molar-refractivity contribution in [3.05, 3.63) is 40.7 Å². The van der Waals surface area contributed by atoms with Crippen molar-refractivity contribution in [2.45, 2.75) is 52.0 Å². The lowest BCUT2D eigenvalue weighted by Crippen LogP contribution is -2.39. The topological polar surface area (TPSA) is 38.1 Å². The first-order valence-corrected chi connectivity index (χ1v) is 10.2. The number of hydrogen-bond acceptors (Lipinski definition) is 2. The van der Waals surface area contributed by atoms with E-state index in [1.807, 2.05) is 29.2 Å². The largest absolute Gasteiger partial charge is 0.337 e. The van der Waals surface area contributed by atoms with E-state index >= 15 is 0 Å². The first-order chi connectivity index (χ1) is 12.6. The zero-order valence-electron chi connectivity index (χ0n) is 15.4. The molecule has 1 aromatic heterocycles. The van der Waals surface area contributed by atoms with Crippen molar-refractivity contribution in [2.24, 2.45) is 5.92 Å². The van der Waals surface area contributed by atoms with Crippen LogP contribution in [0.4, 0.5) is 0 Å². The molecule has 4 nitrogen and oxygen atoms in total. The average molecular weight is 372 g/mol. The number of benzene rings is 1. The predicted molar refractivity (Wildman–Crippen MR) is 105 cm³/mol. The van der Waals surface area contributed by atoms with Gasteiger partial charge < -0.3 is 9.47 Å². The van der Waals surface area contributed by atoms with E-state index in [4.69, 9.17) is 16.6 Å². The fourth-order valence-corrected chi connectivity index (χ4v) is 4.36. The summed E-state index contributed by atoms with van der Waals surface area (Å²) in [6.45, 7) is 4.86. The van der Waals surface area contributed by atoms with Crippen LogP contribution in [-0.4, -0.2) is 33.4 Å². The number of aromatic nitrogens is 2. The fraction of sp³-hybridized carbons (Fsp3) is 0.524. The Morgan fingerprint density at radius 3 is 2.69 bits per heavy atom. The number of carbonyl (C=O) groups excluding carboxylic acids is 1. The van der Waals surface area contributed by atoms with E-state index in [-0.39, 0.29) is 5.91 Å². The van der Waals surface area contributed by atoms with Gasteiger partial charge in [-0.3, -0.25) is 4.79 Å². The van der Waals surface area contributed by atoms with Crippen molar-refractivity contribution in [2.75, 3.05) is 13.1 Å². The van der Waals surface area contributed by atoms with Crippen LogP contribution in [0, 0.1) is 5.92 Å². The van der Waals surface area contributed by atoms with E-state index < -0.39 is 0 Å². The number of rotatable bonds is 2. The molecule has 26 heavy (non-hydrogen) atoms. The second kappa shape index (κ2) is 7.43. The number of piperidine rings is 1. The van der Waals surface area contributed by atoms with Crippen LogP contribution in [0.2, 0.25) is 5.02 Å². The molecular weight excluding hydrogens is 346 g/mol. The quantitative estimate of drug-likeness (QED) is 0.760. The molecule has 0 radical (unpaired) electrons. The van der Waals surface area contributed by atoms with Crippen LogP contribution in [-0.2, 0) is 13.0 Å². The number of amides is 1. The summed E-state index contributed by atoms with van der Waals surface area (Å²) >= 11 is 6.05. The van der Waals surface area contributed by atoms with Gasteiger partial charge in [0.15, 0.2) is 0 Å². The van der Waals surface area contributed by atoms with Crippen molar-refractivity contribution in [1.29, 1.82) is 0 Å². The van der Waals surface area contributed by atoms with Crippen molar-refractivity contribution in [1.82, 2.24) is 14.5 Å². The molecular formula is C21H26ClN3O. The summed E-state index contributed by atoms with van der Waals surface area (Å²) in [5.41, 5.74) is 2.82. The normalized spacial score (nSPS) is 20.5. The van der Waals surface area contributed by atoms with Gasteiger partial charge in [0.2, 0.25) is 0 Å². The number of fused-ring (bicyclic) bond motifs is 1. The van der Waals surface area contributed by atoms with Crippen LogP contribution in [0.3, 0.4) is 0 Å². The van der Waals surface area contributed by atoms with E-state index in [9.17, 15) is 4.79 Å². The Kier molecular flexibility index (Phi) is 5.03. The Balaban J connectivity index is 1.74. The van der Waals surface area contributed by atoms with Crippen molar-refractivity contribution < 1.29 is 4.79 Å². The van der Waals surface area contributed by atoms with Crippen LogP contribution >= 0.6 is 11.6 Å². The van der Waals surface area contributed by atoms with Crippen LogP contribution in [0.5, 0.6) is 0 Å². The second-order valence-electron chi connectivity index (χ2n) is 7.70. The highest BCUT2D eigenvalue weighted by Crippen LogP contribution is 2.29. The molecule has 3 heterocycles. The molecule has 1 saturated heterocycles. The van der Waals surface area contributed by atoms with Gasteiger partial charge in [0.1, 0.15) is 11.5 Å². The van der Waals surface area contributed by atoms with Crippen LogP contribution in [0.1, 0.15) is 55.2 Å². The predicted octanol–water partition coefficient (Wildman–Crippen LogP) is 4.80. The summed E-state index contributed by atoms with van der Waals surface area (Å²) < 4.78 is 2.27. The minimum absolute atomic E-state index is 0.113. The molecule has 1 unspecified atom stereocenters. The molecule has 5 heteroatoms. The molecule has 2 aliphatic heterocycles. The second-order valence-corrected chi connectivity index (χ2v) is 8.13. The monoisotopic (exact) mass is 371 g/mol. The molecule has 0 saturated carbocycles. The Bertz CT molecular complexity index is 796. The Hall–Kier alpha value is -1.81. The van der Waals surface area contributed by atoms with Gasteiger partial charge in [-0.05, 0) is 62.3 Å². The number of likely N-dealkylation sites (tertiary alicyclic amines) is 1. The van der Waals surface area contributed by atoms with Crippen LogP contribution in [0.15, 0.2) is 24.3 Å². The standard InChI is InChI=1S/C21H26ClN3O/c1-15-6-5-12-24(14-15)21(26)19-18-7-3-2-4-13-25(18)20(23-19)16-8-10-17(22)11-9-16/h8-11,15H,2-7,12-14H2,1H3. The summed E-state index contributed by atoms with van der Waals surface area (Å²) in [4.78, 5) is 20.1. The number of carbonyl (C=O) groups is 1. The summed E-state index contributed by atoms with van der Waals surface area (Å²) in [6, 6.07) is 7.78. The smallest absolute Gasteiger partial charge is 0.274 e. The molecule has 138 valence electrons. The molecule has 1 fully saturated rings. The van der Waals surface area contributed by atoms with E-state index in [1.54, 1.807) is 0 Å². The highest BCUT2D eigenvalue weighted by molar-refractivity contribution is 6.30. The lowest BCUT2D eigenvalue weighted by Gasteiger charge is -2.30. The molecule has 0 N–H and O–H groups in total. The van der Waals surface area contributed by atoms with E-state index in [1.165, 1.54) is 12.8 Å². The number of hydrogen-bond donors (Lipinski definition) is 0. The van der Waals surface area contributed by atoms with Gasteiger partial charge in [-0.25, -0.2) is 4.98 Å². The van der Waals surface area contributed by atoms with Crippen molar-refractivity contribution in [3.8, 4) is 11.4 Å². The maximum atomic E-state index is 13.3. The molecule has 2 aliphatic rings. The minimum atomic E-state index is 0.113. The Labute approximate surface area is 160 Å². The van der Waals surface area contributed by atoms with Gasteiger partial charge >= 0.3 is 0 Å². The molecule has 0 spiro atoms. The van der Waals surface area contributed by atoms with Crippen molar-refractivity contribution >= 4 is 17.5 Å². The molecule has 1 atom stereocenters. The van der Waals surface area contributed by atoms with Crippen molar-refractivity contribution in [3.63, 3.8) is 0 Å². The number of halogens is 1. The van der Waals surface area contributed by atoms with Crippen LogP contribution < -0.4 is 0 Å². The molecule has 0 aliphatic carbocycles. The van der Waals surface area contributed by atoms with E-state index in [0.29, 0.717) is 11.6 Å². The average Bonchev–Trinajstić information content (AvgIpc) is 2.83. The van der Waals surface area contributed by atoms with E-state index in [2.05, 4.69) is 11.5 Å². The molecule has 4 rings (SSSR count). The number of imidazole rings is 1. The maximum absolute atomic E-state index is 13.3. The third-order valence-corrected chi connectivity index (χ3v) is 5.87. The van der Waals surface area contributed by atoms with Gasteiger partial charge in [0.25, 0.3) is 5.91 Å². The fourth-order valence-electron chi connectivity index (χ4n) is 4.23. The summed E-state index contributed by atoms with van der Waals surface area (Å²) in [6.07, 6.45) is 6.70. The van der Waals surface area contributed by atoms with Gasteiger partial charge in [0.05, 0.1) is 5.69 Å². The van der Waals surface area contributed by atoms with E-state index in [0.717, 1.165) is 67.4 Å². The first-order valence-electron chi connectivity index (χ1n) is 9.78. The zero-order chi connectivity index (χ0) is 18.1. The molecule has 0 bridgehead atoms. The molecule has 2 aromatic rings. The SMILES string of the molecule is CC1CCCN(C(=O)c2nc(-c3ccc(Cl)cc3)n3c2CCCCC3)C1. The summed E-state index contributed by atoms with van der Waals surface area (Å²) in [5, 5.41) is 0.718. The molecule has 1 aromatic carbocycles. The van der Waals surface area contributed by atoms with Gasteiger partial charge in [-0.2, -0.15) is 0 Å². The third kappa shape index (κ3) is 3.39. The lowest BCUT2D eigenvalue weighted by atomic mass is 10.00. The minimum Gasteiger partial charge on any atom is -0.337 e. The van der Waals surface area contributed by atoms with Crippen LogP contribution in [0.25, 0.3) is 11.4 Å². The highest BCUT2D eigenvalue weighted by Gasteiger charge is 2.29.